The lowest BCUT2D eigenvalue weighted by Gasteiger charge is -2.34. The van der Waals surface area contributed by atoms with Gasteiger partial charge in [0.05, 0.1) is 5.41 Å². The number of hydrogen-bond acceptors (Lipinski definition) is 5. The summed E-state index contributed by atoms with van der Waals surface area (Å²) in [6, 6.07) is -0.0198. The minimum absolute atomic E-state index is 0.0198. The second kappa shape index (κ2) is 6.75. The van der Waals surface area contributed by atoms with Crippen LogP contribution in [0.3, 0.4) is 0 Å². The Morgan fingerprint density at radius 2 is 2.04 bits per heavy atom. The van der Waals surface area contributed by atoms with Crippen LogP contribution in [0, 0.1) is 5.41 Å². The summed E-state index contributed by atoms with van der Waals surface area (Å²) in [5.74, 6) is -0.493. The quantitative estimate of drug-likeness (QED) is 0.852. The lowest BCUT2D eigenvalue weighted by Crippen LogP contribution is -2.42. The molecule has 0 bridgehead atoms. The van der Waals surface area contributed by atoms with Gasteiger partial charge in [0.2, 0.25) is 5.95 Å². The van der Waals surface area contributed by atoms with Crippen molar-refractivity contribution in [3.8, 4) is 5.95 Å². The number of carbonyl (C=O) groups excluding carboxylic acids is 1. The SMILES string of the molecule is CC1(C(=O)O)CCC(NC(=O)c2nc(-n3ccnc3)nc3c2CCC3)CC1. The smallest absolute Gasteiger partial charge is 0.309 e. The first-order valence-corrected chi connectivity index (χ1v) is 9.39. The van der Waals surface area contributed by atoms with Crippen LogP contribution in [0.25, 0.3) is 5.95 Å². The van der Waals surface area contributed by atoms with Crippen molar-refractivity contribution < 1.29 is 14.7 Å². The Hall–Kier alpha value is -2.77. The van der Waals surface area contributed by atoms with Crippen molar-refractivity contribution in [1.29, 1.82) is 0 Å². The molecule has 2 aliphatic rings. The van der Waals surface area contributed by atoms with Crippen LogP contribution in [0.1, 0.15) is 60.8 Å². The van der Waals surface area contributed by atoms with Crippen molar-refractivity contribution in [3.05, 3.63) is 35.7 Å². The zero-order valence-electron chi connectivity index (χ0n) is 15.3. The number of aryl methyl sites for hydroxylation is 1. The van der Waals surface area contributed by atoms with E-state index < -0.39 is 11.4 Å². The fraction of sp³-hybridized carbons (Fsp3) is 0.526. The van der Waals surface area contributed by atoms with Crippen molar-refractivity contribution in [2.75, 3.05) is 0 Å². The number of carboxylic acids is 1. The first kappa shape index (κ1) is 17.6. The van der Waals surface area contributed by atoms with Gasteiger partial charge in [-0.15, -0.1) is 0 Å². The van der Waals surface area contributed by atoms with E-state index in [2.05, 4.69) is 20.3 Å². The molecule has 27 heavy (non-hydrogen) atoms. The lowest BCUT2D eigenvalue weighted by atomic mass is 9.74. The predicted octanol–water partition coefficient (Wildman–Crippen LogP) is 1.91. The molecular weight excluding hydrogens is 346 g/mol. The van der Waals surface area contributed by atoms with Gasteiger partial charge < -0.3 is 10.4 Å². The van der Waals surface area contributed by atoms with Crippen molar-refractivity contribution in [2.24, 2.45) is 5.41 Å². The second-order valence-electron chi connectivity index (χ2n) is 7.73. The summed E-state index contributed by atoms with van der Waals surface area (Å²) < 4.78 is 1.70. The maximum absolute atomic E-state index is 12.9. The van der Waals surface area contributed by atoms with E-state index in [1.165, 1.54) is 0 Å². The summed E-state index contributed by atoms with van der Waals surface area (Å²) in [5.41, 5.74) is 1.61. The molecule has 142 valence electrons. The van der Waals surface area contributed by atoms with Gasteiger partial charge in [-0.05, 0) is 51.9 Å². The van der Waals surface area contributed by atoms with Crippen molar-refractivity contribution in [1.82, 2.24) is 24.8 Å². The number of nitrogens with zero attached hydrogens (tertiary/aromatic N) is 4. The molecule has 0 aliphatic heterocycles. The third-order valence-corrected chi connectivity index (χ3v) is 5.81. The number of aliphatic carboxylic acids is 1. The zero-order chi connectivity index (χ0) is 19.0. The molecule has 8 nitrogen and oxygen atoms in total. The Balaban J connectivity index is 1.53. The monoisotopic (exact) mass is 369 g/mol. The van der Waals surface area contributed by atoms with Crippen LogP contribution in [-0.2, 0) is 17.6 Å². The second-order valence-corrected chi connectivity index (χ2v) is 7.73. The van der Waals surface area contributed by atoms with Gasteiger partial charge in [-0.1, -0.05) is 0 Å². The van der Waals surface area contributed by atoms with Gasteiger partial charge in [-0.2, -0.15) is 0 Å². The summed E-state index contributed by atoms with van der Waals surface area (Å²) in [6.45, 7) is 1.78. The van der Waals surface area contributed by atoms with E-state index in [9.17, 15) is 14.7 Å². The number of rotatable bonds is 4. The van der Waals surface area contributed by atoms with E-state index in [1.807, 2.05) is 0 Å². The summed E-state index contributed by atoms with van der Waals surface area (Å²) in [7, 11) is 0. The molecule has 0 atom stereocenters. The number of fused-ring (bicyclic) bond motifs is 1. The van der Waals surface area contributed by atoms with E-state index in [1.54, 1.807) is 30.2 Å². The summed E-state index contributed by atoms with van der Waals surface area (Å²) in [6.07, 6.45) is 10.1. The molecule has 0 radical (unpaired) electrons. The Kier molecular flexibility index (Phi) is 4.41. The number of amides is 1. The molecule has 0 saturated heterocycles. The van der Waals surface area contributed by atoms with E-state index >= 15 is 0 Å². The number of aromatic nitrogens is 4. The Morgan fingerprint density at radius 1 is 1.26 bits per heavy atom. The zero-order valence-corrected chi connectivity index (χ0v) is 15.3. The molecule has 1 amide bonds. The number of carboxylic acid groups (broad SMARTS) is 1. The molecule has 0 aromatic carbocycles. The molecule has 1 saturated carbocycles. The fourth-order valence-electron chi connectivity index (χ4n) is 3.97. The highest BCUT2D eigenvalue weighted by molar-refractivity contribution is 5.94. The highest BCUT2D eigenvalue weighted by Gasteiger charge is 2.38. The minimum atomic E-state index is -0.758. The van der Waals surface area contributed by atoms with Crippen LogP contribution in [-0.4, -0.2) is 42.5 Å². The van der Waals surface area contributed by atoms with Crippen LogP contribution in [0.5, 0.6) is 0 Å². The largest absolute Gasteiger partial charge is 0.481 e. The number of carbonyl (C=O) groups is 2. The molecule has 2 N–H and O–H groups in total. The van der Waals surface area contributed by atoms with Crippen molar-refractivity contribution in [3.63, 3.8) is 0 Å². The van der Waals surface area contributed by atoms with Gasteiger partial charge in [-0.25, -0.2) is 15.0 Å². The van der Waals surface area contributed by atoms with Gasteiger partial charge in [0.25, 0.3) is 5.91 Å². The molecule has 2 aromatic heterocycles. The summed E-state index contributed by atoms with van der Waals surface area (Å²) >= 11 is 0. The molecule has 4 rings (SSSR count). The third-order valence-electron chi connectivity index (χ3n) is 5.81. The first-order chi connectivity index (χ1) is 13.0. The van der Waals surface area contributed by atoms with Crippen molar-refractivity contribution in [2.45, 2.75) is 57.9 Å². The molecule has 2 aliphatic carbocycles. The average molecular weight is 369 g/mol. The van der Waals surface area contributed by atoms with E-state index in [-0.39, 0.29) is 11.9 Å². The molecular formula is C19H23N5O3. The normalized spacial score (nSPS) is 24.4. The number of hydrogen-bond donors (Lipinski definition) is 2. The third kappa shape index (κ3) is 3.31. The highest BCUT2D eigenvalue weighted by Crippen LogP contribution is 2.36. The van der Waals surface area contributed by atoms with E-state index in [0.717, 1.165) is 30.5 Å². The van der Waals surface area contributed by atoms with E-state index in [4.69, 9.17) is 0 Å². The van der Waals surface area contributed by atoms with Gasteiger partial charge in [-0.3, -0.25) is 14.2 Å². The summed E-state index contributed by atoms with van der Waals surface area (Å²) in [5, 5.41) is 12.4. The Bertz CT molecular complexity index is 870. The number of nitrogens with one attached hydrogen (secondary N) is 1. The first-order valence-electron chi connectivity index (χ1n) is 9.39. The highest BCUT2D eigenvalue weighted by atomic mass is 16.4. The van der Waals surface area contributed by atoms with Crippen LogP contribution < -0.4 is 5.32 Å². The lowest BCUT2D eigenvalue weighted by molar-refractivity contribution is -0.149. The maximum atomic E-state index is 12.9. The van der Waals surface area contributed by atoms with E-state index in [0.29, 0.717) is 37.3 Å². The van der Waals surface area contributed by atoms with Gasteiger partial charge >= 0.3 is 5.97 Å². The molecule has 2 heterocycles. The van der Waals surface area contributed by atoms with Crippen LogP contribution >= 0.6 is 0 Å². The standard InChI is InChI=1S/C19H23N5O3/c1-19(17(26)27)7-5-12(6-8-19)21-16(25)15-13-3-2-4-14(13)22-18(23-15)24-10-9-20-11-24/h9-12H,2-8H2,1H3,(H,21,25)(H,26,27). The topological polar surface area (TPSA) is 110 Å². The minimum Gasteiger partial charge on any atom is -0.481 e. The number of imidazole rings is 1. The average Bonchev–Trinajstić information content (AvgIpc) is 3.34. The molecule has 0 spiro atoms. The molecule has 8 heteroatoms. The van der Waals surface area contributed by atoms with Crippen molar-refractivity contribution >= 4 is 11.9 Å². The molecule has 0 unspecified atom stereocenters. The maximum Gasteiger partial charge on any atom is 0.309 e. The Morgan fingerprint density at radius 3 is 2.70 bits per heavy atom. The van der Waals surface area contributed by atoms with Gasteiger partial charge in [0.15, 0.2) is 0 Å². The Labute approximate surface area is 157 Å². The van der Waals surface area contributed by atoms with Gasteiger partial charge in [0, 0.05) is 29.7 Å². The van der Waals surface area contributed by atoms with Gasteiger partial charge in [0.1, 0.15) is 12.0 Å². The molecule has 1 fully saturated rings. The molecule has 2 aromatic rings. The van der Waals surface area contributed by atoms with Crippen LogP contribution in [0.15, 0.2) is 18.7 Å². The fourth-order valence-corrected chi connectivity index (χ4v) is 3.97. The summed E-state index contributed by atoms with van der Waals surface area (Å²) in [4.78, 5) is 37.5. The van der Waals surface area contributed by atoms with Crippen LogP contribution in [0.2, 0.25) is 0 Å². The predicted molar refractivity (Wildman–Crippen MR) is 96.6 cm³/mol. The van der Waals surface area contributed by atoms with Crippen LogP contribution in [0.4, 0.5) is 0 Å².